The van der Waals surface area contributed by atoms with Crippen molar-refractivity contribution in [2.24, 2.45) is 5.92 Å². The van der Waals surface area contributed by atoms with E-state index < -0.39 is 0 Å². The molecule has 140 valence electrons. The standard InChI is InChI=1S/C20H19ClFN3OS/c1-12-2-4-15(11-16(12)21)23-19(26)13-6-8-25(9-7-13)20-24-17-5-3-14(22)10-18(17)27-20/h2-5,10-11,13H,6-9H2,1H3,(H,23,26). The van der Waals surface area contributed by atoms with E-state index in [1.54, 1.807) is 12.1 Å². The molecule has 0 atom stereocenters. The summed E-state index contributed by atoms with van der Waals surface area (Å²) in [5.41, 5.74) is 2.53. The molecule has 1 amide bonds. The van der Waals surface area contributed by atoms with Crippen LogP contribution < -0.4 is 10.2 Å². The van der Waals surface area contributed by atoms with E-state index in [1.807, 2.05) is 19.1 Å². The fourth-order valence-corrected chi connectivity index (χ4v) is 4.49. The zero-order valence-corrected chi connectivity index (χ0v) is 16.4. The first-order valence-corrected chi connectivity index (χ1v) is 10.1. The number of rotatable bonds is 3. The van der Waals surface area contributed by atoms with Crippen molar-refractivity contribution < 1.29 is 9.18 Å². The van der Waals surface area contributed by atoms with Gasteiger partial charge in [0.1, 0.15) is 5.82 Å². The zero-order valence-electron chi connectivity index (χ0n) is 14.8. The lowest BCUT2D eigenvalue weighted by molar-refractivity contribution is -0.120. The van der Waals surface area contributed by atoms with E-state index in [2.05, 4.69) is 15.2 Å². The van der Waals surface area contributed by atoms with E-state index in [-0.39, 0.29) is 17.6 Å². The third kappa shape index (κ3) is 3.92. The summed E-state index contributed by atoms with van der Waals surface area (Å²) in [4.78, 5) is 19.3. The van der Waals surface area contributed by atoms with Gasteiger partial charge in [-0.15, -0.1) is 0 Å². The maximum Gasteiger partial charge on any atom is 0.227 e. The predicted molar refractivity (Wildman–Crippen MR) is 109 cm³/mol. The number of fused-ring (bicyclic) bond motifs is 1. The number of hydrogen-bond donors (Lipinski definition) is 1. The number of benzene rings is 2. The molecule has 1 N–H and O–H groups in total. The molecule has 3 aromatic rings. The number of anilines is 2. The molecule has 4 rings (SSSR count). The van der Waals surface area contributed by atoms with Gasteiger partial charge in [0.25, 0.3) is 0 Å². The van der Waals surface area contributed by atoms with Crippen LogP contribution >= 0.6 is 22.9 Å². The number of nitrogens with one attached hydrogen (secondary N) is 1. The molecule has 7 heteroatoms. The van der Waals surface area contributed by atoms with Crippen molar-refractivity contribution >= 4 is 49.9 Å². The fourth-order valence-electron chi connectivity index (χ4n) is 3.27. The molecular formula is C20H19ClFN3OS. The van der Waals surface area contributed by atoms with Gasteiger partial charge in [-0.25, -0.2) is 9.37 Å². The quantitative estimate of drug-likeness (QED) is 0.649. The van der Waals surface area contributed by atoms with Crippen molar-refractivity contribution in [3.63, 3.8) is 0 Å². The van der Waals surface area contributed by atoms with E-state index in [0.29, 0.717) is 5.02 Å². The number of thiazole rings is 1. The van der Waals surface area contributed by atoms with Crippen LogP contribution in [0.15, 0.2) is 36.4 Å². The molecular weight excluding hydrogens is 385 g/mol. The van der Waals surface area contributed by atoms with Gasteiger partial charge in [-0.1, -0.05) is 29.0 Å². The Bertz CT molecular complexity index is 998. The van der Waals surface area contributed by atoms with Crippen LogP contribution in [0.5, 0.6) is 0 Å². The van der Waals surface area contributed by atoms with Crippen LogP contribution in [0.1, 0.15) is 18.4 Å². The molecule has 27 heavy (non-hydrogen) atoms. The molecule has 1 aliphatic rings. The smallest absolute Gasteiger partial charge is 0.227 e. The van der Waals surface area contributed by atoms with Crippen molar-refractivity contribution in [1.82, 2.24) is 4.98 Å². The summed E-state index contributed by atoms with van der Waals surface area (Å²) in [5, 5.41) is 4.50. The minimum Gasteiger partial charge on any atom is -0.348 e. The Morgan fingerprint density at radius 1 is 1.26 bits per heavy atom. The van der Waals surface area contributed by atoms with E-state index in [0.717, 1.165) is 52.5 Å². The number of hydrogen-bond acceptors (Lipinski definition) is 4. The highest BCUT2D eigenvalue weighted by Crippen LogP contribution is 2.32. The minimum atomic E-state index is -0.246. The summed E-state index contributed by atoms with van der Waals surface area (Å²) < 4.78 is 14.2. The van der Waals surface area contributed by atoms with Gasteiger partial charge in [-0.3, -0.25) is 4.79 Å². The molecule has 2 aromatic carbocycles. The molecule has 1 aromatic heterocycles. The molecule has 0 aliphatic carbocycles. The average Bonchev–Trinajstić information content (AvgIpc) is 3.08. The highest BCUT2D eigenvalue weighted by molar-refractivity contribution is 7.22. The van der Waals surface area contributed by atoms with E-state index in [1.165, 1.54) is 23.5 Å². The number of carbonyl (C=O) groups excluding carboxylic acids is 1. The van der Waals surface area contributed by atoms with Gasteiger partial charge in [0.15, 0.2) is 5.13 Å². The van der Waals surface area contributed by atoms with Crippen LogP contribution in [0.25, 0.3) is 10.2 Å². The van der Waals surface area contributed by atoms with Crippen LogP contribution in [-0.2, 0) is 4.79 Å². The van der Waals surface area contributed by atoms with Gasteiger partial charge in [-0.2, -0.15) is 0 Å². The summed E-state index contributed by atoms with van der Waals surface area (Å²) >= 11 is 7.62. The van der Waals surface area contributed by atoms with Crippen molar-refractivity contribution in [2.75, 3.05) is 23.3 Å². The lowest BCUT2D eigenvalue weighted by Crippen LogP contribution is -2.38. The number of piperidine rings is 1. The first kappa shape index (κ1) is 18.2. The summed E-state index contributed by atoms with van der Waals surface area (Å²) in [6, 6.07) is 10.2. The van der Waals surface area contributed by atoms with E-state index >= 15 is 0 Å². The maximum atomic E-state index is 13.4. The zero-order chi connectivity index (χ0) is 19.0. The second kappa shape index (κ2) is 7.44. The van der Waals surface area contributed by atoms with Gasteiger partial charge in [0, 0.05) is 29.7 Å². The summed E-state index contributed by atoms with van der Waals surface area (Å²) in [6.45, 7) is 3.45. The van der Waals surface area contributed by atoms with Gasteiger partial charge in [0.05, 0.1) is 10.2 Å². The van der Waals surface area contributed by atoms with Crippen LogP contribution in [-0.4, -0.2) is 24.0 Å². The average molecular weight is 404 g/mol. The largest absolute Gasteiger partial charge is 0.348 e. The number of aryl methyl sites for hydroxylation is 1. The van der Waals surface area contributed by atoms with Crippen LogP contribution in [0, 0.1) is 18.7 Å². The topological polar surface area (TPSA) is 45.2 Å². The number of amides is 1. The molecule has 0 spiro atoms. The summed E-state index contributed by atoms with van der Waals surface area (Å²) in [5.74, 6) is -0.251. The third-order valence-electron chi connectivity index (χ3n) is 4.91. The van der Waals surface area contributed by atoms with E-state index in [9.17, 15) is 9.18 Å². The normalized spacial score (nSPS) is 15.3. The maximum absolute atomic E-state index is 13.4. The predicted octanol–water partition coefficient (Wildman–Crippen LogP) is 5.25. The van der Waals surface area contributed by atoms with Crippen molar-refractivity contribution in [1.29, 1.82) is 0 Å². The Hall–Kier alpha value is -2.18. The number of nitrogens with zero attached hydrogens (tertiary/aromatic N) is 2. The second-order valence-electron chi connectivity index (χ2n) is 6.82. The molecule has 0 bridgehead atoms. The number of carbonyl (C=O) groups is 1. The minimum absolute atomic E-state index is 0.0286. The van der Waals surface area contributed by atoms with Crippen LogP contribution in [0.4, 0.5) is 15.2 Å². The van der Waals surface area contributed by atoms with Crippen molar-refractivity contribution in [2.45, 2.75) is 19.8 Å². The Morgan fingerprint density at radius 3 is 2.78 bits per heavy atom. The lowest BCUT2D eigenvalue weighted by atomic mass is 9.96. The fraction of sp³-hybridized carbons (Fsp3) is 0.300. The Morgan fingerprint density at radius 2 is 2.04 bits per heavy atom. The molecule has 0 unspecified atom stereocenters. The summed E-state index contributed by atoms with van der Waals surface area (Å²) in [7, 11) is 0. The first-order valence-electron chi connectivity index (χ1n) is 8.87. The number of halogens is 2. The Balaban J connectivity index is 1.38. The molecule has 1 saturated heterocycles. The molecule has 1 fully saturated rings. The highest BCUT2D eigenvalue weighted by Gasteiger charge is 2.26. The summed E-state index contributed by atoms with van der Waals surface area (Å²) in [6.07, 6.45) is 1.52. The first-order chi connectivity index (χ1) is 13.0. The Kier molecular flexibility index (Phi) is 5.02. The molecule has 0 radical (unpaired) electrons. The monoisotopic (exact) mass is 403 g/mol. The van der Waals surface area contributed by atoms with E-state index in [4.69, 9.17) is 11.6 Å². The highest BCUT2D eigenvalue weighted by atomic mass is 35.5. The van der Waals surface area contributed by atoms with Crippen LogP contribution in [0.3, 0.4) is 0 Å². The molecule has 2 heterocycles. The number of aromatic nitrogens is 1. The van der Waals surface area contributed by atoms with Gasteiger partial charge in [-0.05, 0) is 55.7 Å². The van der Waals surface area contributed by atoms with Gasteiger partial charge < -0.3 is 10.2 Å². The third-order valence-corrected chi connectivity index (χ3v) is 6.40. The SMILES string of the molecule is Cc1ccc(NC(=O)C2CCN(c3nc4ccc(F)cc4s3)CC2)cc1Cl. The molecule has 0 saturated carbocycles. The molecule has 4 nitrogen and oxygen atoms in total. The van der Waals surface area contributed by atoms with Crippen LogP contribution in [0.2, 0.25) is 5.02 Å². The Labute approximate surface area is 166 Å². The second-order valence-corrected chi connectivity index (χ2v) is 8.24. The van der Waals surface area contributed by atoms with Crippen molar-refractivity contribution in [3.05, 3.63) is 52.8 Å². The van der Waals surface area contributed by atoms with Crippen molar-refractivity contribution in [3.8, 4) is 0 Å². The lowest BCUT2D eigenvalue weighted by Gasteiger charge is -2.31. The molecule has 1 aliphatic heterocycles. The van der Waals surface area contributed by atoms with Gasteiger partial charge >= 0.3 is 0 Å². The van der Waals surface area contributed by atoms with Gasteiger partial charge in [0.2, 0.25) is 5.91 Å².